The minimum atomic E-state index is -3.55. The number of nitrogens with two attached hydrogens (primary N) is 1. The van der Waals surface area contributed by atoms with Gasteiger partial charge in [0.2, 0.25) is 10.0 Å². The zero-order valence-electron chi connectivity index (χ0n) is 12.1. The third-order valence-electron chi connectivity index (χ3n) is 3.34. The molecule has 20 heavy (non-hydrogen) atoms. The van der Waals surface area contributed by atoms with Crippen LogP contribution < -0.4 is 10.5 Å². The molecule has 1 aromatic rings. The largest absolute Gasteiger partial charge is 0.399 e. The van der Waals surface area contributed by atoms with Crippen molar-refractivity contribution in [1.82, 2.24) is 9.62 Å². The molecule has 1 rings (SSSR count). The first-order valence-corrected chi connectivity index (χ1v) is 8.80. The maximum atomic E-state index is 12.2. The number of nitrogen functional groups attached to an aromatic ring is 1. The molecule has 0 aliphatic carbocycles. The number of benzene rings is 1. The standard InChI is InChI=1S/C13H22BrN3O2S/c1-4-10(2)17(3)8-7-16-20(18,19)13-9-11(15)5-6-12(13)14/h5-6,9-10,16H,4,7-8,15H2,1-3H3. The van der Waals surface area contributed by atoms with Crippen molar-refractivity contribution in [2.45, 2.75) is 31.2 Å². The van der Waals surface area contributed by atoms with Gasteiger partial charge in [0.25, 0.3) is 0 Å². The normalized spacial score (nSPS) is 13.7. The summed E-state index contributed by atoms with van der Waals surface area (Å²) in [5.41, 5.74) is 6.06. The van der Waals surface area contributed by atoms with Gasteiger partial charge >= 0.3 is 0 Å². The Labute approximate surface area is 129 Å². The van der Waals surface area contributed by atoms with Crippen molar-refractivity contribution in [3.63, 3.8) is 0 Å². The topological polar surface area (TPSA) is 75.4 Å². The molecule has 5 nitrogen and oxygen atoms in total. The van der Waals surface area contributed by atoms with Crippen LogP contribution in [0, 0.1) is 0 Å². The first-order chi connectivity index (χ1) is 9.27. The molecule has 1 atom stereocenters. The molecule has 0 aromatic heterocycles. The molecular formula is C13H22BrN3O2S. The summed E-state index contributed by atoms with van der Waals surface area (Å²) in [5, 5.41) is 0. The van der Waals surface area contributed by atoms with Gasteiger partial charge in [0.15, 0.2) is 0 Å². The second-order valence-electron chi connectivity index (χ2n) is 4.83. The van der Waals surface area contributed by atoms with Crippen LogP contribution in [0.1, 0.15) is 20.3 Å². The van der Waals surface area contributed by atoms with E-state index in [2.05, 4.69) is 39.4 Å². The van der Waals surface area contributed by atoms with Crippen LogP contribution in [0.4, 0.5) is 5.69 Å². The van der Waals surface area contributed by atoms with E-state index in [1.807, 2.05) is 7.05 Å². The number of nitrogens with one attached hydrogen (secondary N) is 1. The summed E-state index contributed by atoms with van der Waals surface area (Å²) in [6.07, 6.45) is 1.03. The second kappa shape index (κ2) is 7.40. The summed E-state index contributed by atoms with van der Waals surface area (Å²) in [6.45, 7) is 5.25. The molecule has 1 aromatic carbocycles. The summed E-state index contributed by atoms with van der Waals surface area (Å²) >= 11 is 3.24. The summed E-state index contributed by atoms with van der Waals surface area (Å²) in [6, 6.07) is 5.17. The van der Waals surface area contributed by atoms with Crippen LogP contribution in [-0.4, -0.2) is 39.5 Å². The van der Waals surface area contributed by atoms with Crippen LogP contribution in [0.15, 0.2) is 27.6 Å². The van der Waals surface area contributed by atoms with Gasteiger partial charge in [-0.15, -0.1) is 0 Å². The molecule has 0 radical (unpaired) electrons. The third kappa shape index (κ3) is 4.73. The van der Waals surface area contributed by atoms with Crippen molar-refractivity contribution in [2.24, 2.45) is 0 Å². The van der Waals surface area contributed by atoms with E-state index in [4.69, 9.17) is 5.73 Å². The van der Waals surface area contributed by atoms with Crippen LogP contribution in [0.3, 0.4) is 0 Å². The fraction of sp³-hybridized carbons (Fsp3) is 0.538. The van der Waals surface area contributed by atoms with E-state index < -0.39 is 10.0 Å². The lowest BCUT2D eigenvalue weighted by Crippen LogP contribution is -2.37. The van der Waals surface area contributed by atoms with Gasteiger partial charge in [-0.2, -0.15) is 0 Å². The first kappa shape index (κ1) is 17.4. The summed E-state index contributed by atoms with van der Waals surface area (Å²) in [4.78, 5) is 2.29. The Morgan fingerprint density at radius 2 is 2.10 bits per heavy atom. The molecule has 0 bridgehead atoms. The molecule has 0 aliphatic heterocycles. The van der Waals surface area contributed by atoms with Gasteiger partial charge in [-0.3, -0.25) is 0 Å². The Bertz CT molecular complexity index is 549. The maximum Gasteiger partial charge on any atom is 0.241 e. The number of likely N-dealkylation sites (N-methyl/N-ethyl adjacent to an activating group) is 1. The fourth-order valence-corrected chi connectivity index (χ4v) is 3.71. The smallest absolute Gasteiger partial charge is 0.241 e. The van der Waals surface area contributed by atoms with Gasteiger partial charge in [0, 0.05) is 29.3 Å². The van der Waals surface area contributed by atoms with Gasteiger partial charge < -0.3 is 10.6 Å². The Hall–Kier alpha value is -0.630. The van der Waals surface area contributed by atoms with Gasteiger partial charge in [-0.1, -0.05) is 6.92 Å². The zero-order valence-corrected chi connectivity index (χ0v) is 14.5. The first-order valence-electron chi connectivity index (χ1n) is 6.53. The average molecular weight is 364 g/mol. The third-order valence-corrected chi connectivity index (χ3v) is 5.80. The predicted molar refractivity (Wildman–Crippen MR) is 86.1 cm³/mol. The molecule has 1 unspecified atom stereocenters. The molecule has 0 aliphatic rings. The molecule has 0 saturated heterocycles. The number of halogens is 1. The monoisotopic (exact) mass is 363 g/mol. The zero-order chi connectivity index (χ0) is 15.3. The lowest BCUT2D eigenvalue weighted by atomic mass is 10.2. The van der Waals surface area contributed by atoms with E-state index in [0.717, 1.165) is 6.42 Å². The minimum Gasteiger partial charge on any atom is -0.399 e. The molecule has 0 heterocycles. The Balaban J connectivity index is 2.69. The molecule has 7 heteroatoms. The second-order valence-corrected chi connectivity index (χ2v) is 7.42. The molecule has 0 fully saturated rings. The van der Waals surface area contributed by atoms with Gasteiger partial charge in [-0.05, 0) is 54.5 Å². The summed E-state index contributed by atoms with van der Waals surface area (Å²) in [5.74, 6) is 0. The van der Waals surface area contributed by atoms with Crippen molar-refractivity contribution >= 4 is 31.6 Å². The highest BCUT2D eigenvalue weighted by molar-refractivity contribution is 9.10. The number of rotatable bonds is 7. The number of hydrogen-bond acceptors (Lipinski definition) is 4. The van der Waals surface area contributed by atoms with Crippen LogP contribution in [-0.2, 0) is 10.0 Å². The minimum absolute atomic E-state index is 0.170. The van der Waals surface area contributed by atoms with Gasteiger partial charge in [-0.25, -0.2) is 13.1 Å². The number of hydrogen-bond donors (Lipinski definition) is 2. The Morgan fingerprint density at radius 3 is 2.70 bits per heavy atom. The summed E-state index contributed by atoms with van der Waals surface area (Å²) < 4.78 is 27.5. The molecule has 114 valence electrons. The average Bonchev–Trinajstić information content (AvgIpc) is 2.40. The SMILES string of the molecule is CCC(C)N(C)CCNS(=O)(=O)c1cc(N)ccc1Br. The number of nitrogens with zero attached hydrogens (tertiary/aromatic N) is 1. The lowest BCUT2D eigenvalue weighted by Gasteiger charge is -2.23. The van der Waals surface area contributed by atoms with Crippen LogP contribution in [0.25, 0.3) is 0 Å². The van der Waals surface area contributed by atoms with E-state index in [9.17, 15) is 8.42 Å². The molecule has 0 amide bonds. The highest BCUT2D eigenvalue weighted by atomic mass is 79.9. The highest BCUT2D eigenvalue weighted by Crippen LogP contribution is 2.23. The van der Waals surface area contributed by atoms with E-state index in [1.165, 1.54) is 6.07 Å². The molecule has 0 spiro atoms. The van der Waals surface area contributed by atoms with Crippen molar-refractivity contribution in [3.05, 3.63) is 22.7 Å². The highest BCUT2D eigenvalue weighted by Gasteiger charge is 2.18. The van der Waals surface area contributed by atoms with Crippen molar-refractivity contribution in [2.75, 3.05) is 25.9 Å². The van der Waals surface area contributed by atoms with E-state index in [-0.39, 0.29) is 4.90 Å². The van der Waals surface area contributed by atoms with Gasteiger partial charge in [0.05, 0.1) is 4.90 Å². The molecule has 3 N–H and O–H groups in total. The van der Waals surface area contributed by atoms with Gasteiger partial charge in [0.1, 0.15) is 0 Å². The number of sulfonamides is 1. The van der Waals surface area contributed by atoms with Crippen LogP contribution in [0.2, 0.25) is 0 Å². The Kier molecular flexibility index (Phi) is 6.44. The predicted octanol–water partition coefficient (Wildman–Crippen LogP) is 2.04. The summed E-state index contributed by atoms with van der Waals surface area (Å²) in [7, 11) is -1.56. The Morgan fingerprint density at radius 1 is 1.45 bits per heavy atom. The van der Waals surface area contributed by atoms with E-state index in [0.29, 0.717) is 29.3 Å². The molecule has 0 saturated carbocycles. The van der Waals surface area contributed by atoms with Crippen molar-refractivity contribution in [1.29, 1.82) is 0 Å². The maximum absolute atomic E-state index is 12.2. The van der Waals surface area contributed by atoms with Crippen LogP contribution >= 0.6 is 15.9 Å². The lowest BCUT2D eigenvalue weighted by molar-refractivity contribution is 0.256. The van der Waals surface area contributed by atoms with Crippen molar-refractivity contribution < 1.29 is 8.42 Å². The quantitative estimate of drug-likeness (QED) is 0.726. The fourth-order valence-electron chi connectivity index (χ4n) is 1.69. The molecular weight excluding hydrogens is 342 g/mol. The van der Waals surface area contributed by atoms with E-state index >= 15 is 0 Å². The van der Waals surface area contributed by atoms with Crippen LogP contribution in [0.5, 0.6) is 0 Å². The number of anilines is 1. The van der Waals surface area contributed by atoms with Crippen molar-refractivity contribution in [3.8, 4) is 0 Å². The van der Waals surface area contributed by atoms with E-state index in [1.54, 1.807) is 12.1 Å².